The summed E-state index contributed by atoms with van der Waals surface area (Å²) in [5, 5.41) is 3.13. The third kappa shape index (κ3) is 3.67. The van der Waals surface area contributed by atoms with E-state index in [-0.39, 0.29) is 17.7 Å². The Morgan fingerprint density at radius 3 is 2.41 bits per heavy atom. The standard InChI is InChI=1S/C18H26N2O2/c1-12(2)16-7-5-6-13(3)17(16)19-18(22)15-8-10-20(11-9-15)14(4)21/h5-7,12,15H,8-11H2,1-4H3,(H,19,22). The minimum absolute atomic E-state index is 0.00443. The van der Waals surface area contributed by atoms with Crippen molar-refractivity contribution in [3.8, 4) is 0 Å². The fourth-order valence-electron chi connectivity index (χ4n) is 3.02. The van der Waals surface area contributed by atoms with Gasteiger partial charge < -0.3 is 10.2 Å². The summed E-state index contributed by atoms with van der Waals surface area (Å²) >= 11 is 0. The van der Waals surface area contributed by atoms with E-state index in [1.165, 1.54) is 5.56 Å². The number of rotatable bonds is 3. The van der Waals surface area contributed by atoms with Crippen molar-refractivity contribution in [3.63, 3.8) is 0 Å². The number of aryl methyl sites for hydroxylation is 1. The maximum Gasteiger partial charge on any atom is 0.227 e. The quantitative estimate of drug-likeness (QED) is 0.931. The Bertz CT molecular complexity index is 558. The fraction of sp³-hybridized carbons (Fsp3) is 0.556. The zero-order chi connectivity index (χ0) is 16.3. The molecule has 1 heterocycles. The molecule has 0 atom stereocenters. The molecule has 1 aliphatic heterocycles. The molecule has 2 amide bonds. The number of carbonyl (C=O) groups excluding carboxylic acids is 2. The number of nitrogens with one attached hydrogen (secondary N) is 1. The molecule has 1 fully saturated rings. The minimum atomic E-state index is -0.00443. The van der Waals surface area contributed by atoms with Gasteiger partial charge in [-0.1, -0.05) is 32.0 Å². The van der Waals surface area contributed by atoms with Gasteiger partial charge in [-0.2, -0.15) is 0 Å². The van der Waals surface area contributed by atoms with Crippen molar-refractivity contribution in [3.05, 3.63) is 29.3 Å². The van der Waals surface area contributed by atoms with Crippen LogP contribution in [0.25, 0.3) is 0 Å². The van der Waals surface area contributed by atoms with Crippen molar-refractivity contribution in [2.45, 2.75) is 46.5 Å². The van der Waals surface area contributed by atoms with E-state index in [0.717, 1.165) is 24.1 Å². The van der Waals surface area contributed by atoms with Crippen molar-refractivity contribution in [2.75, 3.05) is 18.4 Å². The van der Waals surface area contributed by atoms with Crippen LogP contribution in [0.15, 0.2) is 18.2 Å². The van der Waals surface area contributed by atoms with Crippen LogP contribution in [0, 0.1) is 12.8 Å². The average molecular weight is 302 g/mol. The molecule has 0 aliphatic carbocycles. The van der Waals surface area contributed by atoms with Crippen LogP contribution >= 0.6 is 0 Å². The van der Waals surface area contributed by atoms with Gasteiger partial charge in [0, 0.05) is 31.6 Å². The van der Waals surface area contributed by atoms with Crippen LogP contribution < -0.4 is 5.32 Å². The van der Waals surface area contributed by atoms with Gasteiger partial charge in [-0.15, -0.1) is 0 Å². The van der Waals surface area contributed by atoms with E-state index in [4.69, 9.17) is 0 Å². The number of carbonyl (C=O) groups is 2. The number of piperidine rings is 1. The maximum absolute atomic E-state index is 12.6. The zero-order valence-corrected chi connectivity index (χ0v) is 14.0. The Kier molecular flexibility index (Phi) is 5.22. The summed E-state index contributed by atoms with van der Waals surface area (Å²) in [7, 11) is 0. The molecule has 0 aromatic heterocycles. The van der Waals surface area contributed by atoms with Crippen molar-refractivity contribution >= 4 is 17.5 Å². The van der Waals surface area contributed by atoms with Crippen molar-refractivity contribution < 1.29 is 9.59 Å². The lowest BCUT2D eigenvalue weighted by atomic mass is 9.94. The number of para-hydroxylation sites is 1. The van der Waals surface area contributed by atoms with E-state index < -0.39 is 0 Å². The Balaban J connectivity index is 2.06. The highest BCUT2D eigenvalue weighted by molar-refractivity contribution is 5.94. The summed E-state index contributed by atoms with van der Waals surface area (Å²) in [6.07, 6.45) is 1.49. The summed E-state index contributed by atoms with van der Waals surface area (Å²) in [5.74, 6) is 0.546. The molecule has 0 saturated carbocycles. The van der Waals surface area contributed by atoms with Crippen molar-refractivity contribution in [1.29, 1.82) is 0 Å². The molecule has 0 bridgehead atoms. The van der Waals surface area contributed by atoms with Gasteiger partial charge in [0.25, 0.3) is 0 Å². The lowest BCUT2D eigenvalue weighted by Gasteiger charge is -2.31. The second-order valence-corrected chi connectivity index (χ2v) is 6.46. The van der Waals surface area contributed by atoms with Gasteiger partial charge in [0.1, 0.15) is 0 Å². The third-order valence-electron chi connectivity index (χ3n) is 4.49. The monoisotopic (exact) mass is 302 g/mol. The molecule has 1 aliphatic rings. The van der Waals surface area contributed by atoms with Gasteiger partial charge in [0.2, 0.25) is 11.8 Å². The molecule has 22 heavy (non-hydrogen) atoms. The first kappa shape index (κ1) is 16.5. The molecule has 2 rings (SSSR count). The summed E-state index contributed by atoms with van der Waals surface area (Å²) in [6, 6.07) is 6.14. The summed E-state index contributed by atoms with van der Waals surface area (Å²) < 4.78 is 0. The second-order valence-electron chi connectivity index (χ2n) is 6.46. The average Bonchev–Trinajstić information content (AvgIpc) is 2.49. The normalized spacial score (nSPS) is 16.0. The van der Waals surface area contributed by atoms with E-state index >= 15 is 0 Å². The smallest absolute Gasteiger partial charge is 0.227 e. The molecule has 4 heteroatoms. The van der Waals surface area contributed by atoms with Crippen LogP contribution in [0.5, 0.6) is 0 Å². The van der Waals surface area contributed by atoms with Crippen LogP contribution in [0.3, 0.4) is 0 Å². The highest BCUT2D eigenvalue weighted by Crippen LogP contribution is 2.29. The summed E-state index contributed by atoms with van der Waals surface area (Å²) in [6.45, 7) is 9.24. The number of nitrogens with zero attached hydrogens (tertiary/aromatic N) is 1. The Morgan fingerprint density at radius 1 is 1.23 bits per heavy atom. The molecule has 4 nitrogen and oxygen atoms in total. The highest BCUT2D eigenvalue weighted by atomic mass is 16.2. The molecule has 1 aromatic carbocycles. The van der Waals surface area contributed by atoms with Crippen LogP contribution in [0.4, 0.5) is 5.69 Å². The molecule has 1 aromatic rings. The zero-order valence-electron chi connectivity index (χ0n) is 14.0. The van der Waals surface area contributed by atoms with Crippen LogP contribution in [0.1, 0.15) is 50.7 Å². The molecule has 1 saturated heterocycles. The maximum atomic E-state index is 12.6. The topological polar surface area (TPSA) is 49.4 Å². The number of anilines is 1. The van der Waals surface area contributed by atoms with E-state index in [0.29, 0.717) is 19.0 Å². The van der Waals surface area contributed by atoms with Gasteiger partial charge in [-0.3, -0.25) is 9.59 Å². The molecule has 0 radical (unpaired) electrons. The number of hydrogen-bond donors (Lipinski definition) is 1. The molecule has 0 unspecified atom stereocenters. The van der Waals surface area contributed by atoms with Gasteiger partial charge in [0.15, 0.2) is 0 Å². The predicted octanol–water partition coefficient (Wildman–Crippen LogP) is 3.32. The molecular weight excluding hydrogens is 276 g/mol. The lowest BCUT2D eigenvalue weighted by molar-refractivity contribution is -0.132. The van der Waals surface area contributed by atoms with Crippen molar-refractivity contribution in [2.24, 2.45) is 5.92 Å². The van der Waals surface area contributed by atoms with E-state index in [9.17, 15) is 9.59 Å². The largest absolute Gasteiger partial charge is 0.343 e. The van der Waals surface area contributed by atoms with Crippen molar-refractivity contribution in [1.82, 2.24) is 4.90 Å². The summed E-state index contributed by atoms with van der Waals surface area (Å²) in [5.41, 5.74) is 3.23. The van der Waals surface area contributed by atoms with Gasteiger partial charge in [0.05, 0.1) is 0 Å². The number of hydrogen-bond acceptors (Lipinski definition) is 2. The third-order valence-corrected chi connectivity index (χ3v) is 4.49. The predicted molar refractivity (Wildman–Crippen MR) is 88.9 cm³/mol. The van der Waals surface area contributed by atoms with Gasteiger partial charge >= 0.3 is 0 Å². The van der Waals surface area contributed by atoms with E-state index in [2.05, 4.69) is 25.2 Å². The Morgan fingerprint density at radius 2 is 1.86 bits per heavy atom. The first-order valence-electron chi connectivity index (χ1n) is 8.06. The Hall–Kier alpha value is -1.84. The second kappa shape index (κ2) is 6.95. The minimum Gasteiger partial charge on any atom is -0.343 e. The highest BCUT2D eigenvalue weighted by Gasteiger charge is 2.26. The number of likely N-dealkylation sites (tertiary alicyclic amines) is 1. The molecule has 1 N–H and O–H groups in total. The molecule has 0 spiro atoms. The molecular formula is C18H26N2O2. The fourth-order valence-corrected chi connectivity index (χ4v) is 3.02. The number of benzene rings is 1. The first-order chi connectivity index (χ1) is 10.4. The summed E-state index contributed by atoms with van der Waals surface area (Å²) in [4.78, 5) is 25.7. The number of amides is 2. The SMILES string of the molecule is CC(=O)N1CCC(C(=O)Nc2c(C)cccc2C(C)C)CC1. The van der Waals surface area contributed by atoms with E-state index in [1.54, 1.807) is 6.92 Å². The first-order valence-corrected chi connectivity index (χ1v) is 8.06. The molecule has 120 valence electrons. The lowest BCUT2D eigenvalue weighted by Crippen LogP contribution is -2.40. The van der Waals surface area contributed by atoms with Gasteiger partial charge in [-0.25, -0.2) is 0 Å². The van der Waals surface area contributed by atoms with Crippen LogP contribution in [0.2, 0.25) is 0 Å². The Labute approximate surface area is 132 Å². The van der Waals surface area contributed by atoms with Gasteiger partial charge in [-0.05, 0) is 36.8 Å². The van der Waals surface area contributed by atoms with Crippen LogP contribution in [-0.4, -0.2) is 29.8 Å². The van der Waals surface area contributed by atoms with Crippen LogP contribution in [-0.2, 0) is 9.59 Å². The van der Waals surface area contributed by atoms with E-state index in [1.807, 2.05) is 24.0 Å².